The van der Waals surface area contributed by atoms with Crippen molar-refractivity contribution in [2.24, 2.45) is 16.6 Å². The van der Waals surface area contributed by atoms with Crippen LogP contribution >= 0.6 is 0 Å². The molecule has 0 aliphatic carbocycles. The average Bonchev–Trinajstić information content (AvgIpc) is 2.91. The molecule has 2 aromatic carbocycles. The number of unbranched alkanes of at least 4 members (excludes halogenated alkanes) is 1. The van der Waals surface area contributed by atoms with Gasteiger partial charge >= 0.3 is 0 Å². The molecule has 0 amide bonds. The fourth-order valence-corrected chi connectivity index (χ4v) is 4.31. The van der Waals surface area contributed by atoms with Crippen molar-refractivity contribution in [3.8, 4) is 11.5 Å². The van der Waals surface area contributed by atoms with Crippen LogP contribution in [0.15, 0.2) is 47.5 Å². The highest BCUT2D eigenvalue weighted by atomic mass is 16.5. The maximum atomic E-state index is 12.3. The molecule has 204 valence electrons. The van der Waals surface area contributed by atoms with E-state index in [0.29, 0.717) is 36.7 Å². The van der Waals surface area contributed by atoms with Crippen LogP contribution in [-0.4, -0.2) is 55.9 Å². The molecule has 0 saturated carbocycles. The van der Waals surface area contributed by atoms with Crippen molar-refractivity contribution in [2.45, 2.75) is 63.9 Å². The van der Waals surface area contributed by atoms with E-state index in [4.69, 9.17) is 15.2 Å². The highest BCUT2D eigenvalue weighted by Gasteiger charge is 2.13. The number of aryl methyl sites for hydroxylation is 2. The fraction of sp³-hybridized carbons (Fsp3) is 0.517. The largest absolute Gasteiger partial charge is 0.493 e. The third-order valence-corrected chi connectivity index (χ3v) is 6.54. The Balaban J connectivity index is 1.65. The first-order chi connectivity index (χ1) is 17.9. The zero-order valence-electron chi connectivity index (χ0n) is 22.4. The first-order valence-corrected chi connectivity index (χ1v) is 13.0. The lowest BCUT2D eigenvalue weighted by molar-refractivity contribution is -0.121. The molecule has 0 radical (unpaired) electrons. The smallest absolute Gasteiger partial charge is 0.192 e. The minimum atomic E-state index is -0.625. The van der Waals surface area contributed by atoms with Gasteiger partial charge in [-0.25, -0.2) is 0 Å². The normalized spacial score (nSPS) is 13.2. The van der Waals surface area contributed by atoms with E-state index in [-0.39, 0.29) is 24.7 Å². The number of methoxy groups -OCH3 is 2. The second-order valence-corrected chi connectivity index (χ2v) is 9.39. The van der Waals surface area contributed by atoms with E-state index in [1.165, 1.54) is 5.56 Å². The lowest BCUT2D eigenvalue weighted by Crippen LogP contribution is -2.22. The van der Waals surface area contributed by atoms with Crippen molar-refractivity contribution < 1.29 is 24.5 Å². The first kappa shape index (κ1) is 30.1. The van der Waals surface area contributed by atoms with Crippen molar-refractivity contribution in [3.05, 3.63) is 53.6 Å². The molecule has 8 heteroatoms. The summed E-state index contributed by atoms with van der Waals surface area (Å²) < 4.78 is 10.6. The number of nitrogens with zero attached hydrogens (tertiary/aromatic N) is 1. The molecule has 0 aliphatic heterocycles. The minimum Gasteiger partial charge on any atom is -0.493 e. The average molecular weight is 514 g/mol. The van der Waals surface area contributed by atoms with Crippen molar-refractivity contribution >= 4 is 17.4 Å². The van der Waals surface area contributed by atoms with Gasteiger partial charge in [0.2, 0.25) is 0 Å². The maximum absolute atomic E-state index is 12.3. The van der Waals surface area contributed by atoms with Crippen molar-refractivity contribution in [1.82, 2.24) is 0 Å². The van der Waals surface area contributed by atoms with Crippen molar-refractivity contribution in [3.63, 3.8) is 0 Å². The van der Waals surface area contributed by atoms with E-state index < -0.39 is 6.10 Å². The summed E-state index contributed by atoms with van der Waals surface area (Å²) in [7, 11) is 4.81. The van der Waals surface area contributed by atoms with E-state index in [1.54, 1.807) is 21.3 Å². The van der Waals surface area contributed by atoms with Crippen molar-refractivity contribution in [1.29, 1.82) is 0 Å². The molecule has 0 heterocycles. The number of nitrogens with one attached hydrogen (secondary N) is 1. The molecular weight excluding hydrogens is 470 g/mol. The van der Waals surface area contributed by atoms with Crippen LogP contribution in [0.1, 0.15) is 56.1 Å². The van der Waals surface area contributed by atoms with Gasteiger partial charge in [0.15, 0.2) is 17.5 Å². The molecule has 2 aromatic rings. The Labute approximate surface area is 220 Å². The van der Waals surface area contributed by atoms with Crippen LogP contribution in [0.25, 0.3) is 0 Å². The van der Waals surface area contributed by atoms with Gasteiger partial charge in [-0.05, 0) is 73.4 Å². The Morgan fingerprint density at radius 1 is 1.00 bits per heavy atom. The molecule has 2 rings (SSSR count). The molecule has 5 N–H and O–H groups in total. The van der Waals surface area contributed by atoms with E-state index in [2.05, 4.69) is 16.4 Å². The second kappa shape index (κ2) is 16.6. The van der Waals surface area contributed by atoms with Crippen LogP contribution in [-0.2, 0) is 17.6 Å². The summed E-state index contributed by atoms with van der Waals surface area (Å²) in [5.41, 5.74) is 8.80. The number of carbonyl (C=O) groups is 1. The number of guanidine groups is 1. The summed E-state index contributed by atoms with van der Waals surface area (Å²) >= 11 is 0. The molecule has 2 atom stereocenters. The molecule has 0 aromatic heterocycles. The number of Topliss-reactive ketones (excluding diaryl/α,β-unsaturated/α-hetero) is 1. The summed E-state index contributed by atoms with van der Waals surface area (Å²) in [5.74, 6) is 1.93. The molecule has 0 spiro atoms. The topological polar surface area (TPSA) is 126 Å². The number of hydrogen-bond acceptors (Lipinski definition) is 6. The number of nitrogens with two attached hydrogens (primary N) is 1. The highest BCUT2D eigenvalue weighted by molar-refractivity contribution is 5.92. The number of aliphatic imine (C=N–C) groups is 1. The highest BCUT2D eigenvalue weighted by Crippen LogP contribution is 2.28. The lowest BCUT2D eigenvalue weighted by Gasteiger charge is -2.15. The van der Waals surface area contributed by atoms with Gasteiger partial charge in [-0.2, -0.15) is 0 Å². The number of ether oxygens (including phenoxy) is 2. The summed E-state index contributed by atoms with van der Waals surface area (Å²) in [4.78, 5) is 16.3. The first-order valence-electron chi connectivity index (χ1n) is 13.0. The Hall–Kier alpha value is -3.10. The fourth-order valence-electron chi connectivity index (χ4n) is 4.31. The van der Waals surface area contributed by atoms with Crippen LogP contribution in [0.3, 0.4) is 0 Å². The Kier molecular flexibility index (Phi) is 13.5. The molecule has 0 unspecified atom stereocenters. The number of benzene rings is 2. The van der Waals surface area contributed by atoms with Crippen molar-refractivity contribution in [2.75, 3.05) is 33.2 Å². The zero-order chi connectivity index (χ0) is 27.0. The Morgan fingerprint density at radius 3 is 2.43 bits per heavy atom. The zero-order valence-corrected chi connectivity index (χ0v) is 22.4. The standard InChI is InChI=1S/C29H43N3O5/c1-31-29(30)32-24-9-6-8-21(17-24)11-12-23(20-33)7-4-5-10-25(34)19-26(35)15-13-22-14-16-27(36-2)28(18-22)37-3/h6,8-9,14,16-18,23,25,33-34H,4-5,7,10-13,15,19-20H2,1-3H3,(H3,30,31,32)/t23-,25+/m1/s1. The number of hydrogen-bond donors (Lipinski definition) is 4. The summed E-state index contributed by atoms with van der Waals surface area (Å²) in [5, 5.41) is 23.2. The van der Waals surface area contributed by atoms with Gasteiger partial charge in [-0.15, -0.1) is 0 Å². The van der Waals surface area contributed by atoms with Crippen LogP contribution in [0, 0.1) is 5.92 Å². The number of aliphatic hydroxyl groups is 2. The molecule has 0 aliphatic rings. The number of anilines is 1. The Bertz CT molecular complexity index is 995. The van der Waals surface area contributed by atoms with Crippen LogP contribution < -0.4 is 20.5 Å². The third kappa shape index (κ3) is 11.2. The van der Waals surface area contributed by atoms with Crippen LogP contribution in [0.2, 0.25) is 0 Å². The lowest BCUT2D eigenvalue weighted by atomic mass is 9.93. The van der Waals surface area contributed by atoms with Gasteiger partial charge in [0, 0.05) is 32.2 Å². The number of aliphatic hydroxyl groups excluding tert-OH is 2. The van der Waals surface area contributed by atoms with E-state index in [0.717, 1.165) is 43.4 Å². The van der Waals surface area contributed by atoms with E-state index in [9.17, 15) is 15.0 Å². The van der Waals surface area contributed by atoms with Gasteiger partial charge in [-0.1, -0.05) is 31.0 Å². The minimum absolute atomic E-state index is 0.0548. The van der Waals surface area contributed by atoms with E-state index >= 15 is 0 Å². The SMILES string of the molecule is CN=C(N)Nc1cccc(CC[C@H](CO)CCCC[C@H](O)CC(=O)CCc2ccc(OC)c(OC)c2)c1. The quantitative estimate of drug-likeness (QED) is 0.142. The van der Waals surface area contributed by atoms with E-state index in [1.807, 2.05) is 36.4 Å². The summed E-state index contributed by atoms with van der Waals surface area (Å²) in [6.45, 7) is 0.143. The van der Waals surface area contributed by atoms with Crippen LogP contribution in [0.4, 0.5) is 5.69 Å². The maximum Gasteiger partial charge on any atom is 0.192 e. The molecule has 37 heavy (non-hydrogen) atoms. The van der Waals surface area contributed by atoms with Gasteiger partial charge in [0.25, 0.3) is 0 Å². The number of rotatable bonds is 17. The predicted molar refractivity (Wildman–Crippen MR) is 148 cm³/mol. The monoisotopic (exact) mass is 513 g/mol. The molecule has 8 nitrogen and oxygen atoms in total. The third-order valence-electron chi connectivity index (χ3n) is 6.54. The number of ketones is 1. The summed E-state index contributed by atoms with van der Waals surface area (Å²) in [6, 6.07) is 13.7. The van der Waals surface area contributed by atoms with Gasteiger partial charge in [0.1, 0.15) is 5.78 Å². The second-order valence-electron chi connectivity index (χ2n) is 9.39. The molecule has 0 saturated heterocycles. The van der Waals surface area contributed by atoms with Gasteiger partial charge in [-0.3, -0.25) is 9.79 Å². The predicted octanol–water partition coefficient (Wildman–Crippen LogP) is 4.11. The number of carbonyl (C=O) groups excluding carboxylic acids is 1. The van der Waals surface area contributed by atoms with Gasteiger partial charge in [0.05, 0.1) is 20.3 Å². The molecule has 0 bridgehead atoms. The summed E-state index contributed by atoms with van der Waals surface area (Å²) in [6.07, 6.45) is 5.50. The van der Waals surface area contributed by atoms with Gasteiger partial charge < -0.3 is 30.7 Å². The van der Waals surface area contributed by atoms with Crippen LogP contribution in [0.5, 0.6) is 11.5 Å². The molecule has 0 fully saturated rings. The Morgan fingerprint density at radius 2 is 1.73 bits per heavy atom. The molecular formula is C29H43N3O5.